The maximum absolute atomic E-state index is 12.6. The first kappa shape index (κ1) is 19.8. The van der Waals surface area contributed by atoms with Crippen LogP contribution in [0.3, 0.4) is 0 Å². The summed E-state index contributed by atoms with van der Waals surface area (Å²) >= 11 is 12.2. The van der Waals surface area contributed by atoms with Gasteiger partial charge in [-0.25, -0.2) is 0 Å². The smallest absolute Gasteiger partial charge is 0.254 e. The zero-order valence-electron chi connectivity index (χ0n) is 13.9. The van der Waals surface area contributed by atoms with Crippen LogP contribution in [0.15, 0.2) is 42.5 Å². The maximum atomic E-state index is 12.6. The van der Waals surface area contributed by atoms with E-state index < -0.39 is 17.9 Å². The number of nitrogens with one attached hydrogen (secondary N) is 2. The molecule has 0 saturated carbocycles. The van der Waals surface area contributed by atoms with Crippen molar-refractivity contribution in [1.82, 2.24) is 5.32 Å². The van der Waals surface area contributed by atoms with Crippen LogP contribution in [0, 0.1) is 0 Å². The van der Waals surface area contributed by atoms with Crippen molar-refractivity contribution in [2.45, 2.75) is 19.4 Å². The number of rotatable bonds is 6. The van der Waals surface area contributed by atoms with E-state index in [2.05, 4.69) is 10.6 Å². The van der Waals surface area contributed by atoms with Gasteiger partial charge in [-0.2, -0.15) is 0 Å². The van der Waals surface area contributed by atoms with E-state index in [9.17, 15) is 14.4 Å². The van der Waals surface area contributed by atoms with Crippen molar-refractivity contribution >= 4 is 46.6 Å². The summed E-state index contributed by atoms with van der Waals surface area (Å²) in [6.45, 7) is 1.33. The van der Waals surface area contributed by atoms with Gasteiger partial charge in [0, 0.05) is 23.4 Å². The highest BCUT2D eigenvalue weighted by Gasteiger charge is 2.23. The summed E-state index contributed by atoms with van der Waals surface area (Å²) in [5, 5.41) is 5.88. The number of hydrogen-bond donors (Lipinski definition) is 3. The molecule has 0 radical (unpaired) electrons. The van der Waals surface area contributed by atoms with E-state index in [0.717, 1.165) is 0 Å². The molecule has 0 fully saturated rings. The summed E-state index contributed by atoms with van der Waals surface area (Å²) in [7, 11) is 0. The first-order chi connectivity index (χ1) is 12.3. The Balaban J connectivity index is 2.24. The van der Waals surface area contributed by atoms with Crippen molar-refractivity contribution in [1.29, 1.82) is 0 Å². The summed E-state index contributed by atoms with van der Waals surface area (Å²) in [6, 6.07) is 10.4. The number of carbonyl (C=O) groups is 3. The third kappa shape index (κ3) is 4.97. The van der Waals surface area contributed by atoms with Gasteiger partial charge in [0.05, 0.1) is 11.3 Å². The average molecular weight is 394 g/mol. The molecule has 4 N–H and O–H groups in total. The molecule has 2 aromatic carbocycles. The molecule has 0 spiro atoms. The monoisotopic (exact) mass is 393 g/mol. The number of nitrogens with two attached hydrogens (primary N) is 1. The maximum Gasteiger partial charge on any atom is 0.254 e. The molecule has 136 valence electrons. The topological polar surface area (TPSA) is 101 Å². The van der Waals surface area contributed by atoms with E-state index >= 15 is 0 Å². The number of amides is 3. The van der Waals surface area contributed by atoms with Crippen molar-refractivity contribution in [2.24, 2.45) is 5.73 Å². The number of carbonyl (C=O) groups excluding carboxylic acids is 3. The zero-order chi connectivity index (χ0) is 19.3. The van der Waals surface area contributed by atoms with Crippen LogP contribution in [-0.2, 0) is 16.0 Å². The predicted molar refractivity (Wildman–Crippen MR) is 101 cm³/mol. The lowest BCUT2D eigenvalue weighted by atomic mass is 10.0. The van der Waals surface area contributed by atoms with Crippen molar-refractivity contribution in [3.63, 3.8) is 0 Å². The van der Waals surface area contributed by atoms with Crippen LogP contribution in [0.5, 0.6) is 0 Å². The Morgan fingerprint density at radius 2 is 1.65 bits per heavy atom. The molecule has 1 atom stereocenters. The van der Waals surface area contributed by atoms with Gasteiger partial charge in [0.1, 0.15) is 6.04 Å². The molecule has 0 aromatic heterocycles. The molecule has 2 aromatic rings. The first-order valence-electron chi connectivity index (χ1n) is 7.69. The fraction of sp³-hybridized carbons (Fsp3) is 0.167. The summed E-state index contributed by atoms with van der Waals surface area (Å²) < 4.78 is 0. The Labute approximate surface area is 160 Å². The number of benzene rings is 2. The van der Waals surface area contributed by atoms with Crippen LogP contribution < -0.4 is 16.4 Å². The van der Waals surface area contributed by atoms with Crippen molar-refractivity contribution < 1.29 is 14.4 Å². The Morgan fingerprint density at radius 1 is 1.04 bits per heavy atom. The normalized spacial score (nSPS) is 11.5. The molecule has 3 amide bonds. The fourth-order valence-corrected chi connectivity index (χ4v) is 2.92. The summed E-state index contributed by atoms with van der Waals surface area (Å²) in [5.74, 6) is -1.60. The second kappa shape index (κ2) is 8.69. The highest BCUT2D eigenvalue weighted by Crippen LogP contribution is 2.25. The molecular formula is C18H17Cl2N3O3. The highest BCUT2D eigenvalue weighted by molar-refractivity contribution is 6.36. The minimum absolute atomic E-state index is 0.0435. The molecule has 26 heavy (non-hydrogen) atoms. The van der Waals surface area contributed by atoms with Crippen LogP contribution in [0.1, 0.15) is 22.8 Å². The molecule has 0 aliphatic heterocycles. The zero-order valence-corrected chi connectivity index (χ0v) is 15.4. The SMILES string of the molecule is CC(=O)Nc1ccccc1C(=O)N[C@@H](Cc1c(Cl)cccc1Cl)C(N)=O. The Kier molecular flexibility index (Phi) is 6.60. The second-order valence-corrected chi connectivity index (χ2v) is 6.37. The molecule has 0 aliphatic carbocycles. The van der Waals surface area contributed by atoms with Crippen LogP contribution >= 0.6 is 23.2 Å². The predicted octanol–water partition coefficient (Wildman–Crippen LogP) is 2.78. The quantitative estimate of drug-likeness (QED) is 0.702. The second-order valence-electron chi connectivity index (χ2n) is 5.56. The van der Waals surface area contributed by atoms with Crippen molar-refractivity contribution in [3.05, 3.63) is 63.6 Å². The van der Waals surface area contributed by atoms with E-state index in [4.69, 9.17) is 28.9 Å². The van der Waals surface area contributed by atoms with Gasteiger partial charge in [-0.3, -0.25) is 14.4 Å². The average Bonchev–Trinajstić information content (AvgIpc) is 2.56. The van der Waals surface area contributed by atoms with E-state index in [1.54, 1.807) is 36.4 Å². The third-order valence-electron chi connectivity index (χ3n) is 3.60. The van der Waals surface area contributed by atoms with Gasteiger partial charge in [0.25, 0.3) is 5.91 Å². The van der Waals surface area contributed by atoms with E-state index in [0.29, 0.717) is 21.3 Å². The Bertz CT molecular complexity index is 835. The van der Waals surface area contributed by atoms with Crippen molar-refractivity contribution in [2.75, 3.05) is 5.32 Å². The highest BCUT2D eigenvalue weighted by atomic mass is 35.5. The number of para-hydroxylation sites is 1. The van der Waals surface area contributed by atoms with E-state index in [1.165, 1.54) is 13.0 Å². The van der Waals surface area contributed by atoms with Gasteiger partial charge in [0.2, 0.25) is 11.8 Å². The fourth-order valence-electron chi connectivity index (χ4n) is 2.37. The lowest BCUT2D eigenvalue weighted by molar-refractivity contribution is -0.119. The molecule has 8 heteroatoms. The van der Waals surface area contributed by atoms with Crippen molar-refractivity contribution in [3.8, 4) is 0 Å². The largest absolute Gasteiger partial charge is 0.368 e. The molecule has 0 unspecified atom stereocenters. The van der Waals surface area contributed by atoms with Crippen LogP contribution in [0.2, 0.25) is 10.0 Å². The number of halogens is 2. The molecule has 2 rings (SSSR count). The van der Waals surface area contributed by atoms with Gasteiger partial charge in [-0.15, -0.1) is 0 Å². The summed E-state index contributed by atoms with van der Waals surface area (Å²) in [6.07, 6.45) is 0.0435. The minimum atomic E-state index is -1.02. The van der Waals surface area contributed by atoms with Gasteiger partial charge in [0.15, 0.2) is 0 Å². The molecule has 0 heterocycles. The summed E-state index contributed by atoms with van der Waals surface area (Å²) in [5.41, 5.74) is 6.47. The van der Waals surface area contributed by atoms with Gasteiger partial charge < -0.3 is 16.4 Å². The standard InChI is InChI=1S/C18H17Cl2N3O3/c1-10(24)22-15-8-3-2-5-11(15)18(26)23-16(17(21)25)9-12-13(19)6-4-7-14(12)20/h2-8,16H,9H2,1H3,(H2,21,25)(H,22,24)(H,23,26)/t16-/m0/s1. The number of primary amides is 1. The molecule has 0 saturated heterocycles. The van der Waals surface area contributed by atoms with Gasteiger partial charge in [-0.1, -0.05) is 41.4 Å². The van der Waals surface area contributed by atoms with Crippen LogP contribution in [0.25, 0.3) is 0 Å². The molecule has 6 nitrogen and oxygen atoms in total. The Morgan fingerprint density at radius 3 is 2.23 bits per heavy atom. The number of anilines is 1. The van der Waals surface area contributed by atoms with E-state index in [1.807, 2.05) is 0 Å². The summed E-state index contributed by atoms with van der Waals surface area (Å²) in [4.78, 5) is 35.7. The Hall–Kier alpha value is -2.57. The van der Waals surface area contributed by atoms with Crippen LogP contribution in [0.4, 0.5) is 5.69 Å². The number of hydrogen-bond acceptors (Lipinski definition) is 3. The third-order valence-corrected chi connectivity index (χ3v) is 4.31. The molecule has 0 aliphatic rings. The minimum Gasteiger partial charge on any atom is -0.368 e. The van der Waals surface area contributed by atoms with Crippen LogP contribution in [-0.4, -0.2) is 23.8 Å². The molecular weight excluding hydrogens is 377 g/mol. The molecule has 0 bridgehead atoms. The lowest BCUT2D eigenvalue weighted by Gasteiger charge is -2.18. The van der Waals surface area contributed by atoms with Gasteiger partial charge in [-0.05, 0) is 29.8 Å². The van der Waals surface area contributed by atoms with Gasteiger partial charge >= 0.3 is 0 Å². The lowest BCUT2D eigenvalue weighted by Crippen LogP contribution is -2.46. The first-order valence-corrected chi connectivity index (χ1v) is 8.45. The van der Waals surface area contributed by atoms with E-state index in [-0.39, 0.29) is 17.9 Å².